The van der Waals surface area contributed by atoms with Crippen LogP contribution in [0.5, 0.6) is 0 Å². The summed E-state index contributed by atoms with van der Waals surface area (Å²) in [6.07, 6.45) is 16.1. The van der Waals surface area contributed by atoms with Crippen LogP contribution in [0.25, 0.3) is 0 Å². The Labute approximate surface area is 139 Å². The molecule has 0 radical (unpaired) electrons. The van der Waals surface area contributed by atoms with Crippen molar-refractivity contribution in [1.29, 1.82) is 0 Å². The van der Waals surface area contributed by atoms with Crippen LogP contribution in [0.4, 0.5) is 0 Å². The van der Waals surface area contributed by atoms with E-state index in [2.05, 4.69) is 26.1 Å². The third kappa shape index (κ3) is 4.08. The molecule has 0 amide bonds. The average Bonchev–Trinajstić information content (AvgIpc) is 2.51. The van der Waals surface area contributed by atoms with Crippen LogP contribution in [0.15, 0.2) is 0 Å². The summed E-state index contributed by atoms with van der Waals surface area (Å²) < 4.78 is 0. The second-order valence-electron chi connectivity index (χ2n) is 9.20. The lowest BCUT2D eigenvalue weighted by Gasteiger charge is -2.44. The molecule has 0 spiro atoms. The summed E-state index contributed by atoms with van der Waals surface area (Å²) in [6.45, 7) is 7.52. The summed E-state index contributed by atoms with van der Waals surface area (Å²) in [5, 5.41) is 4.04. The van der Waals surface area contributed by atoms with Gasteiger partial charge in [-0.05, 0) is 81.0 Å². The number of hydrogen-bond acceptors (Lipinski definition) is 1. The van der Waals surface area contributed by atoms with E-state index < -0.39 is 0 Å². The number of rotatable bonds is 3. The molecule has 22 heavy (non-hydrogen) atoms. The standard InChI is InChI=1S/C21H39N/c1-15-8-10-18(11-9-15)22-19-12-13-21(17(3)14-19)20-7-5-4-6-16(20)2/h15-22H,4-14H2,1-3H3. The highest BCUT2D eigenvalue weighted by atomic mass is 15.0. The molecule has 5 atom stereocenters. The molecule has 0 bridgehead atoms. The molecule has 128 valence electrons. The van der Waals surface area contributed by atoms with Crippen molar-refractivity contribution in [2.45, 2.75) is 103 Å². The first-order chi connectivity index (χ1) is 10.6. The fourth-order valence-electron chi connectivity index (χ4n) is 5.95. The van der Waals surface area contributed by atoms with Crippen molar-refractivity contribution in [3.63, 3.8) is 0 Å². The van der Waals surface area contributed by atoms with Crippen molar-refractivity contribution in [2.24, 2.45) is 29.6 Å². The van der Waals surface area contributed by atoms with Gasteiger partial charge in [0.25, 0.3) is 0 Å². The zero-order valence-electron chi connectivity index (χ0n) is 15.3. The normalized spacial score (nSPS) is 47.3. The first-order valence-corrected chi connectivity index (χ1v) is 10.4. The van der Waals surface area contributed by atoms with E-state index in [0.717, 1.165) is 41.7 Å². The molecule has 0 saturated heterocycles. The highest BCUT2D eigenvalue weighted by Gasteiger charge is 2.36. The molecule has 1 N–H and O–H groups in total. The van der Waals surface area contributed by atoms with Crippen molar-refractivity contribution in [3.8, 4) is 0 Å². The molecule has 0 aromatic rings. The van der Waals surface area contributed by atoms with Gasteiger partial charge < -0.3 is 5.32 Å². The quantitative estimate of drug-likeness (QED) is 0.696. The molecule has 3 aliphatic rings. The van der Waals surface area contributed by atoms with Crippen LogP contribution in [-0.2, 0) is 0 Å². The van der Waals surface area contributed by atoms with E-state index >= 15 is 0 Å². The van der Waals surface area contributed by atoms with Gasteiger partial charge >= 0.3 is 0 Å². The van der Waals surface area contributed by atoms with E-state index in [1.54, 1.807) is 0 Å². The van der Waals surface area contributed by atoms with Gasteiger partial charge in [-0.2, -0.15) is 0 Å². The fourth-order valence-corrected chi connectivity index (χ4v) is 5.95. The van der Waals surface area contributed by atoms with Gasteiger partial charge in [-0.3, -0.25) is 0 Å². The predicted molar refractivity (Wildman–Crippen MR) is 96.0 cm³/mol. The van der Waals surface area contributed by atoms with Crippen molar-refractivity contribution < 1.29 is 0 Å². The van der Waals surface area contributed by atoms with Crippen molar-refractivity contribution in [2.75, 3.05) is 0 Å². The SMILES string of the molecule is CC1CCC(NC2CCC(C3CCCCC3C)C(C)C2)CC1. The Kier molecular flexibility index (Phi) is 5.87. The maximum atomic E-state index is 4.04. The minimum Gasteiger partial charge on any atom is -0.311 e. The molecule has 3 rings (SSSR count). The van der Waals surface area contributed by atoms with Crippen LogP contribution >= 0.6 is 0 Å². The Balaban J connectivity index is 1.47. The minimum absolute atomic E-state index is 0.823. The Bertz CT molecular complexity index is 331. The molecule has 1 nitrogen and oxygen atoms in total. The predicted octanol–water partition coefficient (Wildman–Crippen LogP) is 5.79. The van der Waals surface area contributed by atoms with Gasteiger partial charge in [0.1, 0.15) is 0 Å². The summed E-state index contributed by atoms with van der Waals surface area (Å²) in [7, 11) is 0. The fraction of sp³-hybridized carbons (Fsp3) is 1.00. The average molecular weight is 306 g/mol. The van der Waals surface area contributed by atoms with Crippen molar-refractivity contribution in [1.82, 2.24) is 5.32 Å². The van der Waals surface area contributed by atoms with Gasteiger partial charge in [-0.1, -0.05) is 40.0 Å². The van der Waals surface area contributed by atoms with Gasteiger partial charge in [-0.15, -0.1) is 0 Å². The van der Waals surface area contributed by atoms with E-state index in [0.29, 0.717) is 0 Å². The zero-order valence-corrected chi connectivity index (χ0v) is 15.3. The third-order valence-electron chi connectivity index (χ3n) is 7.45. The maximum absolute atomic E-state index is 4.04. The van der Waals surface area contributed by atoms with Gasteiger partial charge in [0.15, 0.2) is 0 Å². The largest absolute Gasteiger partial charge is 0.311 e. The minimum atomic E-state index is 0.823. The van der Waals surface area contributed by atoms with Crippen molar-refractivity contribution in [3.05, 3.63) is 0 Å². The molecule has 0 aliphatic heterocycles. The first kappa shape index (κ1) is 16.8. The van der Waals surface area contributed by atoms with Crippen LogP contribution < -0.4 is 5.32 Å². The Morgan fingerprint density at radius 2 is 1.23 bits per heavy atom. The Morgan fingerprint density at radius 3 is 1.91 bits per heavy atom. The van der Waals surface area contributed by atoms with E-state index in [9.17, 15) is 0 Å². The molecule has 3 fully saturated rings. The summed E-state index contributed by atoms with van der Waals surface area (Å²) >= 11 is 0. The number of nitrogens with one attached hydrogen (secondary N) is 1. The van der Waals surface area contributed by atoms with Gasteiger partial charge in [0.05, 0.1) is 0 Å². The monoisotopic (exact) mass is 305 g/mol. The number of hydrogen-bond donors (Lipinski definition) is 1. The summed E-state index contributed by atoms with van der Waals surface area (Å²) in [6, 6.07) is 1.65. The summed E-state index contributed by atoms with van der Waals surface area (Å²) in [4.78, 5) is 0. The van der Waals surface area contributed by atoms with Gasteiger partial charge in [-0.25, -0.2) is 0 Å². The molecule has 0 heterocycles. The molecule has 0 aromatic heterocycles. The molecule has 1 heteroatoms. The molecule has 0 aromatic carbocycles. The molecule has 5 unspecified atom stereocenters. The Hall–Kier alpha value is -0.0400. The highest BCUT2D eigenvalue weighted by molar-refractivity contribution is 4.90. The van der Waals surface area contributed by atoms with Crippen molar-refractivity contribution >= 4 is 0 Å². The summed E-state index contributed by atoms with van der Waals surface area (Å²) in [5.74, 6) is 4.98. The first-order valence-electron chi connectivity index (χ1n) is 10.4. The van der Waals surface area contributed by atoms with Crippen LogP contribution in [0.3, 0.4) is 0 Å². The molecular weight excluding hydrogens is 266 g/mol. The second-order valence-corrected chi connectivity index (χ2v) is 9.20. The molecular formula is C21H39N. The van der Waals surface area contributed by atoms with E-state index in [4.69, 9.17) is 0 Å². The topological polar surface area (TPSA) is 12.0 Å². The lowest BCUT2D eigenvalue weighted by Crippen LogP contribution is -2.45. The van der Waals surface area contributed by atoms with Gasteiger partial charge in [0, 0.05) is 12.1 Å². The van der Waals surface area contributed by atoms with Crippen LogP contribution in [0.2, 0.25) is 0 Å². The van der Waals surface area contributed by atoms with Crippen LogP contribution in [-0.4, -0.2) is 12.1 Å². The van der Waals surface area contributed by atoms with E-state index in [1.807, 2.05) is 0 Å². The van der Waals surface area contributed by atoms with Gasteiger partial charge in [0.2, 0.25) is 0 Å². The van der Waals surface area contributed by atoms with E-state index in [-0.39, 0.29) is 0 Å². The van der Waals surface area contributed by atoms with E-state index in [1.165, 1.54) is 70.6 Å². The Morgan fingerprint density at radius 1 is 0.591 bits per heavy atom. The molecule has 3 aliphatic carbocycles. The van der Waals surface area contributed by atoms with Crippen LogP contribution in [0.1, 0.15) is 91.4 Å². The molecule has 3 saturated carbocycles. The highest BCUT2D eigenvalue weighted by Crippen LogP contribution is 2.44. The van der Waals surface area contributed by atoms with Crippen LogP contribution in [0, 0.1) is 29.6 Å². The summed E-state index contributed by atoms with van der Waals surface area (Å²) in [5.41, 5.74) is 0. The lowest BCUT2D eigenvalue weighted by atomic mass is 9.64. The lowest BCUT2D eigenvalue weighted by molar-refractivity contribution is 0.0803. The second kappa shape index (κ2) is 7.69. The smallest absolute Gasteiger partial charge is 0.00724 e. The third-order valence-corrected chi connectivity index (χ3v) is 7.45. The maximum Gasteiger partial charge on any atom is 0.00724 e. The zero-order chi connectivity index (χ0) is 15.5.